The van der Waals surface area contributed by atoms with Crippen LogP contribution in [0.1, 0.15) is 54.6 Å². The van der Waals surface area contributed by atoms with Crippen LogP contribution in [0.2, 0.25) is 0 Å². The molecule has 1 atom stereocenters. The van der Waals surface area contributed by atoms with Gasteiger partial charge in [-0.05, 0) is 51.4 Å². The molecule has 5 aliphatic rings. The predicted molar refractivity (Wildman–Crippen MR) is 91.4 cm³/mol. The van der Waals surface area contributed by atoms with Crippen molar-refractivity contribution in [3.63, 3.8) is 0 Å². The van der Waals surface area contributed by atoms with Crippen molar-refractivity contribution >= 4 is 11.8 Å². The fourth-order valence-corrected chi connectivity index (χ4v) is 5.26. The van der Waals surface area contributed by atoms with Gasteiger partial charge in [-0.3, -0.25) is 9.59 Å². The fraction of sp³-hybridized carbons (Fsp3) is 0.737. The summed E-state index contributed by atoms with van der Waals surface area (Å²) in [5.41, 5.74) is 0.772. The van der Waals surface area contributed by atoms with E-state index in [1.54, 1.807) is 6.92 Å². The third-order valence-corrected chi connectivity index (χ3v) is 7.13. The van der Waals surface area contributed by atoms with Crippen molar-refractivity contribution in [2.45, 2.75) is 57.1 Å². The lowest BCUT2D eigenvalue weighted by atomic mass is 9.44. The largest absolute Gasteiger partial charge is 0.373 e. The van der Waals surface area contributed by atoms with Crippen LogP contribution >= 0.6 is 0 Å². The summed E-state index contributed by atoms with van der Waals surface area (Å²) in [5.74, 6) is 0.990. The van der Waals surface area contributed by atoms with Crippen LogP contribution in [-0.2, 0) is 9.53 Å². The molecular formula is C19H25N3O4. The molecule has 1 N–H and O–H groups in total. The average molecular weight is 359 g/mol. The first-order valence-electron chi connectivity index (χ1n) is 9.67. The third kappa shape index (κ3) is 2.25. The minimum absolute atomic E-state index is 0.0361. The Bertz CT molecular complexity index is 733. The van der Waals surface area contributed by atoms with Crippen LogP contribution in [0.3, 0.4) is 0 Å². The van der Waals surface area contributed by atoms with Crippen LogP contribution in [-0.4, -0.2) is 53.2 Å². The summed E-state index contributed by atoms with van der Waals surface area (Å²) in [6, 6.07) is 0.0682. The molecule has 7 nitrogen and oxygen atoms in total. The number of piperidine rings is 1. The first-order chi connectivity index (χ1) is 12.5. The molecule has 7 heteroatoms. The van der Waals surface area contributed by atoms with E-state index in [4.69, 9.17) is 9.26 Å². The smallest absolute Gasteiger partial charge is 0.259 e. The number of aromatic nitrogens is 1. The lowest BCUT2D eigenvalue weighted by Gasteiger charge is -2.60. The van der Waals surface area contributed by atoms with Crippen molar-refractivity contribution in [3.8, 4) is 0 Å². The topological polar surface area (TPSA) is 84.7 Å². The van der Waals surface area contributed by atoms with Crippen LogP contribution < -0.4 is 5.32 Å². The highest BCUT2D eigenvalue weighted by atomic mass is 16.5. The van der Waals surface area contributed by atoms with Crippen molar-refractivity contribution in [1.29, 1.82) is 0 Å². The van der Waals surface area contributed by atoms with Gasteiger partial charge in [-0.15, -0.1) is 0 Å². The van der Waals surface area contributed by atoms with Gasteiger partial charge in [0.15, 0.2) is 0 Å². The lowest BCUT2D eigenvalue weighted by molar-refractivity contribution is -0.167. The standard InChI is InChI=1S/C19H25N3O4/c1-12-14(11-26-21-12)16(23)22-5-3-19(4-6-22)15(2-7-25-19)20-17(24)18-8-13(9-18)10-18/h11,13,15H,2-10H2,1H3,(H,20,24). The van der Waals surface area contributed by atoms with Crippen molar-refractivity contribution < 1.29 is 18.8 Å². The predicted octanol–water partition coefficient (Wildman–Crippen LogP) is 1.66. The Balaban J connectivity index is 1.23. The number of carbonyl (C=O) groups excluding carboxylic acids is 2. The van der Waals surface area contributed by atoms with E-state index in [1.165, 1.54) is 6.26 Å². The number of amides is 2. The van der Waals surface area contributed by atoms with Gasteiger partial charge in [-0.2, -0.15) is 0 Å². The van der Waals surface area contributed by atoms with E-state index in [0.29, 0.717) is 31.0 Å². The number of nitrogens with one attached hydrogen (secondary N) is 1. The van der Waals surface area contributed by atoms with Crippen LogP contribution in [0.15, 0.2) is 10.8 Å². The average Bonchev–Trinajstić information content (AvgIpc) is 3.12. The zero-order valence-electron chi connectivity index (χ0n) is 15.1. The Labute approximate surface area is 152 Å². The molecule has 2 amide bonds. The molecule has 2 bridgehead atoms. The number of rotatable bonds is 3. The Morgan fingerprint density at radius 2 is 2.00 bits per heavy atom. The maximum Gasteiger partial charge on any atom is 0.259 e. The zero-order chi connectivity index (χ0) is 17.9. The number of hydrogen-bond donors (Lipinski definition) is 1. The highest BCUT2D eigenvalue weighted by Crippen LogP contribution is 2.64. The summed E-state index contributed by atoms with van der Waals surface area (Å²) in [6.07, 6.45) is 7.00. The second kappa shape index (κ2) is 5.55. The van der Waals surface area contributed by atoms with Crippen molar-refractivity contribution in [2.75, 3.05) is 19.7 Å². The molecule has 26 heavy (non-hydrogen) atoms. The number of ether oxygens (including phenoxy) is 1. The summed E-state index contributed by atoms with van der Waals surface area (Å²) >= 11 is 0. The van der Waals surface area contributed by atoms with E-state index in [9.17, 15) is 9.59 Å². The molecule has 6 rings (SSSR count). The molecule has 3 saturated carbocycles. The third-order valence-electron chi connectivity index (χ3n) is 7.13. The molecule has 2 aliphatic heterocycles. The number of nitrogens with zero attached hydrogens (tertiary/aromatic N) is 2. The molecule has 1 spiro atoms. The first kappa shape index (κ1) is 16.3. The highest BCUT2D eigenvalue weighted by molar-refractivity contribution is 5.94. The van der Waals surface area contributed by atoms with Gasteiger partial charge in [-0.25, -0.2) is 0 Å². The monoisotopic (exact) mass is 359 g/mol. The molecule has 3 aliphatic carbocycles. The summed E-state index contributed by atoms with van der Waals surface area (Å²) in [6.45, 7) is 3.71. The first-order valence-corrected chi connectivity index (χ1v) is 9.67. The Hall–Kier alpha value is -1.89. The van der Waals surface area contributed by atoms with Gasteiger partial charge in [0.2, 0.25) is 5.91 Å². The van der Waals surface area contributed by atoms with Crippen LogP contribution in [0.5, 0.6) is 0 Å². The van der Waals surface area contributed by atoms with Gasteiger partial charge in [0, 0.05) is 25.1 Å². The number of likely N-dealkylation sites (tertiary alicyclic amines) is 1. The summed E-state index contributed by atoms with van der Waals surface area (Å²) in [5, 5.41) is 7.10. The van der Waals surface area contributed by atoms with Crippen molar-refractivity contribution in [1.82, 2.24) is 15.4 Å². The van der Waals surface area contributed by atoms with Crippen molar-refractivity contribution in [2.24, 2.45) is 11.3 Å². The van der Waals surface area contributed by atoms with E-state index in [0.717, 1.165) is 44.4 Å². The fourth-order valence-electron chi connectivity index (χ4n) is 5.26. The minimum Gasteiger partial charge on any atom is -0.373 e. The molecule has 2 saturated heterocycles. The molecule has 1 aromatic heterocycles. The summed E-state index contributed by atoms with van der Waals surface area (Å²) < 4.78 is 11.0. The maximum atomic E-state index is 12.7. The van der Waals surface area contributed by atoms with E-state index in [-0.39, 0.29) is 28.9 Å². The van der Waals surface area contributed by atoms with Gasteiger partial charge < -0.3 is 19.5 Å². The Morgan fingerprint density at radius 1 is 1.27 bits per heavy atom. The van der Waals surface area contributed by atoms with E-state index < -0.39 is 0 Å². The van der Waals surface area contributed by atoms with Crippen LogP contribution in [0.25, 0.3) is 0 Å². The maximum absolute atomic E-state index is 12.7. The Morgan fingerprint density at radius 3 is 2.58 bits per heavy atom. The second-order valence-corrected chi connectivity index (χ2v) is 8.59. The van der Waals surface area contributed by atoms with Crippen LogP contribution in [0, 0.1) is 18.3 Å². The quantitative estimate of drug-likeness (QED) is 0.887. The van der Waals surface area contributed by atoms with Crippen LogP contribution in [0.4, 0.5) is 0 Å². The molecule has 0 aromatic carbocycles. The molecule has 1 unspecified atom stereocenters. The zero-order valence-corrected chi connectivity index (χ0v) is 15.1. The van der Waals surface area contributed by atoms with E-state index in [2.05, 4.69) is 10.5 Å². The van der Waals surface area contributed by atoms with Gasteiger partial charge >= 0.3 is 0 Å². The van der Waals surface area contributed by atoms with Crippen molar-refractivity contribution in [3.05, 3.63) is 17.5 Å². The molecule has 3 heterocycles. The lowest BCUT2D eigenvalue weighted by Crippen LogP contribution is -2.64. The van der Waals surface area contributed by atoms with Gasteiger partial charge in [0.25, 0.3) is 5.91 Å². The van der Waals surface area contributed by atoms with Gasteiger partial charge in [0.05, 0.1) is 17.3 Å². The molecule has 5 fully saturated rings. The second-order valence-electron chi connectivity index (χ2n) is 8.59. The molecule has 1 aromatic rings. The van der Waals surface area contributed by atoms with E-state index in [1.807, 2.05) is 4.90 Å². The highest BCUT2D eigenvalue weighted by Gasteiger charge is 2.62. The number of carbonyl (C=O) groups is 2. The molecule has 0 radical (unpaired) electrons. The number of hydrogen-bond acceptors (Lipinski definition) is 5. The molecular weight excluding hydrogens is 334 g/mol. The van der Waals surface area contributed by atoms with E-state index >= 15 is 0 Å². The summed E-state index contributed by atoms with van der Waals surface area (Å²) in [7, 11) is 0. The summed E-state index contributed by atoms with van der Waals surface area (Å²) in [4.78, 5) is 27.2. The SMILES string of the molecule is Cc1nocc1C(=O)N1CCC2(CC1)OCCC2NC(=O)C12CC(C1)C2. The number of aryl methyl sites for hydroxylation is 1. The minimum atomic E-state index is -0.320. The molecule has 140 valence electrons. The van der Waals surface area contributed by atoms with Gasteiger partial charge in [-0.1, -0.05) is 5.16 Å². The van der Waals surface area contributed by atoms with Gasteiger partial charge in [0.1, 0.15) is 11.8 Å². The Kier molecular flexibility index (Phi) is 3.48. The normalized spacial score (nSPS) is 34.3.